The summed E-state index contributed by atoms with van der Waals surface area (Å²) in [6.07, 6.45) is 0.779. The van der Waals surface area contributed by atoms with E-state index in [-0.39, 0.29) is 41.6 Å². The lowest BCUT2D eigenvalue weighted by molar-refractivity contribution is -0.386. The number of para-hydroxylation sites is 1. The van der Waals surface area contributed by atoms with Crippen LogP contribution in [0.25, 0.3) is 0 Å². The Balaban J connectivity index is 1.73. The smallest absolute Gasteiger partial charge is 0.327 e. The Bertz CT molecular complexity index is 1040. The molecule has 0 saturated carbocycles. The van der Waals surface area contributed by atoms with Gasteiger partial charge in [0.25, 0.3) is 5.91 Å². The highest BCUT2D eigenvalue weighted by molar-refractivity contribution is 6.00. The van der Waals surface area contributed by atoms with Crippen LogP contribution in [-0.4, -0.2) is 50.9 Å². The number of carbonyl (C=O) groups excluding carboxylic acids is 1. The van der Waals surface area contributed by atoms with Gasteiger partial charge in [0.15, 0.2) is 17.2 Å². The summed E-state index contributed by atoms with van der Waals surface area (Å²) in [5, 5.41) is 14.3. The van der Waals surface area contributed by atoms with Crippen LogP contribution in [0.2, 0.25) is 0 Å². The standard InChI is InChI=1S/C22H26N2O8/c1-22(2)12-13-7-6-8-15(18(13)32-22)31-10-9-23-21(25)14-11-16(28-3)19(29-4)20(30-5)17(14)24(26)27/h6-8,11H,9-10,12H2,1-5H3,(H,23,25). The molecule has 172 valence electrons. The zero-order valence-electron chi connectivity index (χ0n) is 18.6. The first kappa shape index (κ1) is 23.0. The number of methoxy groups -OCH3 is 3. The molecular weight excluding hydrogens is 420 g/mol. The highest BCUT2D eigenvalue weighted by Crippen LogP contribution is 2.46. The maximum Gasteiger partial charge on any atom is 0.327 e. The lowest BCUT2D eigenvalue weighted by Gasteiger charge is -2.18. The van der Waals surface area contributed by atoms with Gasteiger partial charge < -0.3 is 29.0 Å². The molecule has 2 aromatic rings. The molecule has 10 heteroatoms. The number of nitro groups is 1. The Morgan fingerprint density at radius 3 is 2.50 bits per heavy atom. The minimum Gasteiger partial charge on any atom is -0.493 e. The molecule has 1 aliphatic rings. The van der Waals surface area contributed by atoms with Crippen molar-refractivity contribution in [1.29, 1.82) is 0 Å². The molecule has 0 spiro atoms. The van der Waals surface area contributed by atoms with Crippen molar-refractivity contribution in [2.45, 2.75) is 25.9 Å². The summed E-state index contributed by atoms with van der Waals surface area (Å²) in [5.41, 5.74) is 0.0291. The Labute approximate surface area is 185 Å². The molecule has 0 aromatic heterocycles. The predicted molar refractivity (Wildman–Crippen MR) is 115 cm³/mol. The van der Waals surface area contributed by atoms with Gasteiger partial charge in [0.05, 0.1) is 32.8 Å². The average Bonchev–Trinajstić information content (AvgIpc) is 3.09. The van der Waals surface area contributed by atoms with E-state index in [2.05, 4.69) is 5.32 Å². The van der Waals surface area contributed by atoms with Crippen molar-refractivity contribution in [1.82, 2.24) is 5.32 Å². The lowest BCUT2D eigenvalue weighted by atomic mass is 10.0. The van der Waals surface area contributed by atoms with Crippen LogP contribution in [0, 0.1) is 10.1 Å². The maximum atomic E-state index is 12.7. The van der Waals surface area contributed by atoms with Gasteiger partial charge in [0, 0.05) is 18.1 Å². The van der Waals surface area contributed by atoms with E-state index in [1.807, 2.05) is 26.0 Å². The summed E-state index contributed by atoms with van der Waals surface area (Å²) in [6, 6.07) is 6.92. The van der Waals surface area contributed by atoms with E-state index in [9.17, 15) is 14.9 Å². The fourth-order valence-corrected chi connectivity index (χ4v) is 3.62. The van der Waals surface area contributed by atoms with Gasteiger partial charge in [-0.15, -0.1) is 0 Å². The first-order valence-electron chi connectivity index (χ1n) is 9.91. The molecule has 1 aliphatic heterocycles. The summed E-state index contributed by atoms with van der Waals surface area (Å²) in [5.74, 6) is 0.580. The van der Waals surface area contributed by atoms with Crippen LogP contribution in [-0.2, 0) is 6.42 Å². The molecule has 32 heavy (non-hydrogen) atoms. The molecule has 0 fully saturated rings. The van der Waals surface area contributed by atoms with Gasteiger partial charge in [-0.3, -0.25) is 14.9 Å². The van der Waals surface area contributed by atoms with Crippen LogP contribution in [0.3, 0.4) is 0 Å². The van der Waals surface area contributed by atoms with Gasteiger partial charge in [-0.05, 0) is 19.9 Å². The number of nitrogens with one attached hydrogen (secondary N) is 1. The van der Waals surface area contributed by atoms with E-state index in [0.29, 0.717) is 11.5 Å². The Hall–Kier alpha value is -3.69. The van der Waals surface area contributed by atoms with Gasteiger partial charge in [-0.1, -0.05) is 12.1 Å². The number of rotatable bonds is 9. The molecule has 1 N–H and O–H groups in total. The van der Waals surface area contributed by atoms with Gasteiger partial charge in [-0.25, -0.2) is 0 Å². The molecule has 3 rings (SSSR count). The van der Waals surface area contributed by atoms with Gasteiger partial charge >= 0.3 is 5.69 Å². The number of benzene rings is 2. The largest absolute Gasteiger partial charge is 0.493 e. The first-order valence-corrected chi connectivity index (χ1v) is 9.91. The topological polar surface area (TPSA) is 118 Å². The molecule has 1 amide bonds. The predicted octanol–water partition coefficient (Wildman–Crippen LogP) is 3.14. The van der Waals surface area contributed by atoms with Crippen LogP contribution in [0.5, 0.6) is 28.7 Å². The van der Waals surface area contributed by atoms with Gasteiger partial charge in [0.1, 0.15) is 17.8 Å². The minimum atomic E-state index is -0.696. The second kappa shape index (κ2) is 9.21. The zero-order valence-corrected chi connectivity index (χ0v) is 18.6. The van der Waals surface area contributed by atoms with Crippen LogP contribution in [0.4, 0.5) is 5.69 Å². The summed E-state index contributed by atoms with van der Waals surface area (Å²) in [7, 11) is 3.94. The van der Waals surface area contributed by atoms with E-state index in [0.717, 1.165) is 12.0 Å². The minimum absolute atomic E-state index is 0.0300. The van der Waals surface area contributed by atoms with E-state index < -0.39 is 16.5 Å². The molecule has 0 atom stereocenters. The number of carbonyl (C=O) groups is 1. The number of ether oxygens (including phenoxy) is 5. The highest BCUT2D eigenvalue weighted by Gasteiger charge is 2.33. The van der Waals surface area contributed by atoms with E-state index in [1.54, 1.807) is 6.07 Å². The molecule has 0 aliphatic carbocycles. The van der Waals surface area contributed by atoms with E-state index in [1.165, 1.54) is 27.4 Å². The average molecular weight is 446 g/mol. The Morgan fingerprint density at radius 1 is 1.16 bits per heavy atom. The number of nitro benzene ring substituents is 1. The summed E-state index contributed by atoms with van der Waals surface area (Å²) in [6.45, 7) is 4.26. The SMILES string of the molecule is COc1cc(C(=O)NCCOc2cccc3c2OC(C)(C)C3)c([N+](=O)[O-])c(OC)c1OC. The monoisotopic (exact) mass is 446 g/mol. The Morgan fingerprint density at radius 2 is 1.88 bits per heavy atom. The Kier molecular flexibility index (Phi) is 6.61. The van der Waals surface area contributed by atoms with Crippen LogP contribution in [0.1, 0.15) is 29.8 Å². The van der Waals surface area contributed by atoms with Crippen molar-refractivity contribution in [3.05, 3.63) is 45.5 Å². The fraction of sp³-hybridized carbons (Fsp3) is 0.409. The summed E-state index contributed by atoms with van der Waals surface area (Å²) < 4.78 is 27.3. The molecule has 1 heterocycles. The van der Waals surface area contributed by atoms with Crippen molar-refractivity contribution in [3.8, 4) is 28.7 Å². The molecule has 0 unspecified atom stereocenters. The second-order valence-electron chi connectivity index (χ2n) is 7.69. The lowest BCUT2D eigenvalue weighted by Crippen LogP contribution is -2.29. The quantitative estimate of drug-likeness (QED) is 0.355. The van der Waals surface area contributed by atoms with Crippen LogP contribution in [0.15, 0.2) is 24.3 Å². The van der Waals surface area contributed by atoms with Crippen LogP contribution >= 0.6 is 0 Å². The van der Waals surface area contributed by atoms with Gasteiger partial charge in [-0.2, -0.15) is 0 Å². The van der Waals surface area contributed by atoms with E-state index in [4.69, 9.17) is 23.7 Å². The third-order valence-electron chi connectivity index (χ3n) is 4.93. The van der Waals surface area contributed by atoms with Crippen molar-refractivity contribution < 1.29 is 33.4 Å². The van der Waals surface area contributed by atoms with Crippen molar-refractivity contribution in [3.63, 3.8) is 0 Å². The number of hydrogen-bond donors (Lipinski definition) is 1. The zero-order chi connectivity index (χ0) is 23.5. The summed E-state index contributed by atoms with van der Waals surface area (Å²) in [4.78, 5) is 23.7. The van der Waals surface area contributed by atoms with Crippen molar-refractivity contribution in [2.75, 3.05) is 34.5 Å². The fourth-order valence-electron chi connectivity index (χ4n) is 3.62. The van der Waals surface area contributed by atoms with Crippen molar-refractivity contribution >= 4 is 11.6 Å². The normalized spacial score (nSPS) is 13.5. The molecule has 2 aromatic carbocycles. The first-order chi connectivity index (χ1) is 15.2. The number of nitrogens with zero attached hydrogens (tertiary/aromatic N) is 1. The molecule has 0 bridgehead atoms. The third-order valence-corrected chi connectivity index (χ3v) is 4.93. The summed E-state index contributed by atoms with van der Waals surface area (Å²) >= 11 is 0. The molecule has 0 saturated heterocycles. The van der Waals surface area contributed by atoms with E-state index >= 15 is 0 Å². The number of hydrogen-bond acceptors (Lipinski definition) is 8. The van der Waals surface area contributed by atoms with Gasteiger partial charge in [0.2, 0.25) is 11.5 Å². The third kappa shape index (κ3) is 4.48. The number of fused-ring (bicyclic) bond motifs is 1. The molecule has 10 nitrogen and oxygen atoms in total. The van der Waals surface area contributed by atoms with Crippen LogP contribution < -0.4 is 29.0 Å². The van der Waals surface area contributed by atoms with Crippen molar-refractivity contribution in [2.24, 2.45) is 0 Å². The number of amides is 1. The maximum absolute atomic E-state index is 12.7. The molecule has 0 radical (unpaired) electrons. The highest BCUT2D eigenvalue weighted by atomic mass is 16.6. The molecular formula is C22H26N2O8. The second-order valence-corrected chi connectivity index (χ2v) is 7.69.